The monoisotopic (exact) mass is 1010 g/mol. The Kier molecular flexibility index (Phi) is 23.9. The van der Waals surface area contributed by atoms with Gasteiger partial charge in [-0.3, -0.25) is 32.3 Å². The van der Waals surface area contributed by atoms with Crippen LogP contribution in [0.1, 0.15) is 30.0 Å². The number of carbonyl (C=O) groups excluding carboxylic acids is 2. The quantitative estimate of drug-likeness (QED) is 0.0379. The maximum absolute atomic E-state index is 13.4. The summed E-state index contributed by atoms with van der Waals surface area (Å²) in [4.78, 5) is 67.9. The average molecular weight is 1010 g/mol. The highest BCUT2D eigenvalue weighted by Gasteiger charge is 2.37. The second-order valence-corrected chi connectivity index (χ2v) is 17.2. The van der Waals surface area contributed by atoms with Crippen molar-refractivity contribution in [3.63, 3.8) is 0 Å². The molecule has 27 nitrogen and oxygen atoms in total. The maximum Gasteiger partial charge on any atom is 0.406 e. The number of hydrogen-bond acceptors (Lipinski definition) is 22. The topological polar surface area (TPSA) is 407 Å². The number of anilines is 2. The lowest BCUT2D eigenvalue weighted by Crippen LogP contribution is -2.41. The minimum atomic E-state index is -4.67. The molecule has 2 aliphatic rings. The van der Waals surface area contributed by atoms with Gasteiger partial charge in [0, 0.05) is 12.4 Å². The van der Waals surface area contributed by atoms with Crippen LogP contribution in [0.3, 0.4) is 0 Å². The maximum atomic E-state index is 13.4. The standard InChI is InChI=1S/C21H26N5O8P.C18H23N4O8P.CH5N.H3N/c1-30-20(27)16(12-15-6-3-2-4-7-15)25-35(29,32-11-5-9-22)33-14-19-31-13-18(34-19)26-10-8-17(23)24-21(26)28;1-27-17(23)13(9-12-5-3-2-4-6-12)21-31(25,26)29-11-16-28-10-15(30-16)22-8-7-14(19)20-18(22)24;1-2;/h2-4,6-8,10,16,18-19H,5,11-14H2,1H3,(H,25,29)(H2,23,24,28);2-8,13,15-16H,9-11H2,1H3,(H2,19,20,24)(H2,21,25,26);2H2,1H3;1H3/t16?,18-,19?,35?;13?,15-,16?;;/m00../s1. The third-order valence-corrected chi connectivity index (χ3v) is 11.9. The number of benzene rings is 2. The molecule has 2 fully saturated rings. The number of quaternary nitrogens is 1. The Morgan fingerprint density at radius 3 is 1.62 bits per heavy atom. The number of nitriles is 1. The normalized spacial score (nSPS) is 19.8. The molecule has 8 atom stereocenters. The zero-order chi connectivity index (χ0) is 49.7. The Morgan fingerprint density at radius 2 is 1.20 bits per heavy atom. The number of nitrogen functional groups attached to an aromatic ring is 2. The van der Waals surface area contributed by atoms with Gasteiger partial charge in [-0.15, -0.1) is 0 Å². The van der Waals surface area contributed by atoms with Gasteiger partial charge in [-0.05, 0) is 43.1 Å². The van der Waals surface area contributed by atoms with E-state index in [4.69, 9.17) is 54.0 Å². The van der Waals surface area contributed by atoms with E-state index in [1.54, 1.807) is 54.6 Å². The number of ether oxygens (including phenoxy) is 6. The number of aromatic nitrogens is 4. The minimum absolute atomic E-state index is 0. The fraction of sp³-hybridized carbons (Fsp3) is 0.425. The first kappa shape index (κ1) is 57.5. The highest BCUT2D eigenvalue weighted by Crippen LogP contribution is 2.45. The van der Waals surface area contributed by atoms with Crippen molar-refractivity contribution in [2.45, 2.75) is 56.4 Å². The predicted octanol–water partition coefficient (Wildman–Crippen LogP) is 0.633. The lowest BCUT2D eigenvalue weighted by Gasteiger charge is -2.29. The van der Waals surface area contributed by atoms with Crippen LogP contribution in [0, 0.1) is 11.3 Å². The molecule has 2 aliphatic heterocycles. The molecule has 0 spiro atoms. The third kappa shape index (κ3) is 18.6. The number of carbonyl (C=O) groups is 2. The van der Waals surface area contributed by atoms with Gasteiger partial charge in [0.2, 0.25) is 7.75 Å². The van der Waals surface area contributed by atoms with Gasteiger partial charge in [0.1, 0.15) is 36.9 Å². The first-order chi connectivity index (χ1) is 32.6. The van der Waals surface area contributed by atoms with E-state index < -0.39 is 82.5 Å². The smallest absolute Gasteiger partial charge is 0.406 e. The molecule has 6 unspecified atom stereocenters. The van der Waals surface area contributed by atoms with Gasteiger partial charge in [-0.25, -0.2) is 24.3 Å². The molecule has 6 rings (SSSR count). The first-order valence-corrected chi connectivity index (χ1v) is 23.5. The Hall–Kier alpha value is -5.79. The van der Waals surface area contributed by atoms with Gasteiger partial charge in [-0.1, -0.05) is 60.7 Å². The molecule has 69 heavy (non-hydrogen) atoms. The summed E-state index contributed by atoms with van der Waals surface area (Å²) in [6.07, 6.45) is -0.665. The Balaban J connectivity index is 0.000000350. The van der Waals surface area contributed by atoms with Crippen LogP contribution >= 0.6 is 15.5 Å². The second kappa shape index (κ2) is 28.6. The van der Waals surface area contributed by atoms with Crippen LogP contribution in [0.15, 0.2) is 94.8 Å². The van der Waals surface area contributed by atoms with Crippen LogP contribution in [0.4, 0.5) is 11.6 Å². The lowest BCUT2D eigenvalue weighted by molar-refractivity contribution is -0.210. The molecule has 29 heteroatoms. The molecular formula is C40H57N11O16P2. The van der Waals surface area contributed by atoms with Crippen LogP contribution in [-0.2, 0) is 73.6 Å². The van der Waals surface area contributed by atoms with Crippen molar-refractivity contribution in [1.29, 1.82) is 5.26 Å². The van der Waals surface area contributed by atoms with Crippen molar-refractivity contribution in [3.8, 4) is 6.07 Å². The Labute approximate surface area is 395 Å². The molecule has 2 aromatic carbocycles. The van der Waals surface area contributed by atoms with Gasteiger partial charge in [-0.2, -0.15) is 15.2 Å². The van der Waals surface area contributed by atoms with E-state index in [1.807, 2.05) is 12.1 Å². The summed E-state index contributed by atoms with van der Waals surface area (Å²) in [7, 11) is -4.93. The Bertz CT molecular complexity index is 2490. The summed E-state index contributed by atoms with van der Waals surface area (Å²) in [6.45, 7) is -1.06. The van der Waals surface area contributed by atoms with Gasteiger partial charge in [0.15, 0.2) is 25.0 Å². The lowest BCUT2D eigenvalue weighted by atomic mass is 10.1. The first-order valence-electron chi connectivity index (χ1n) is 20.4. The van der Waals surface area contributed by atoms with Gasteiger partial charge >= 0.3 is 31.1 Å². The zero-order valence-corrected chi connectivity index (χ0v) is 39.9. The molecule has 0 saturated carbocycles. The molecule has 2 aromatic heterocycles. The largest absolute Gasteiger partial charge is 0.766 e. The number of esters is 2. The van der Waals surface area contributed by atoms with Crippen LogP contribution < -0.4 is 49.8 Å². The molecule has 0 bridgehead atoms. The van der Waals surface area contributed by atoms with Crippen LogP contribution in [-0.4, -0.2) is 110 Å². The minimum Gasteiger partial charge on any atom is -0.766 e. The third-order valence-electron chi connectivity index (χ3n) is 9.19. The van der Waals surface area contributed by atoms with E-state index >= 15 is 0 Å². The molecule has 2 saturated heterocycles. The molecule has 12 N–H and O–H groups in total. The summed E-state index contributed by atoms with van der Waals surface area (Å²) >= 11 is 0. The summed E-state index contributed by atoms with van der Waals surface area (Å²) in [5, 5.41) is 13.6. The zero-order valence-electron chi connectivity index (χ0n) is 38.1. The van der Waals surface area contributed by atoms with Gasteiger partial charge in [0.25, 0.3) is 0 Å². The number of methoxy groups -OCH3 is 2. The van der Waals surface area contributed by atoms with Crippen LogP contribution in [0.5, 0.6) is 0 Å². The number of nitrogens with two attached hydrogens (primary N) is 3. The molecule has 0 radical (unpaired) electrons. The average Bonchev–Trinajstić information content (AvgIpc) is 4.01. The van der Waals surface area contributed by atoms with E-state index in [0.29, 0.717) is 0 Å². The van der Waals surface area contributed by atoms with E-state index in [0.717, 1.165) is 18.2 Å². The summed E-state index contributed by atoms with van der Waals surface area (Å²) in [5.41, 5.74) is 15.7. The molecule has 4 aromatic rings. The van der Waals surface area contributed by atoms with Crippen LogP contribution in [0.2, 0.25) is 0 Å². The molecular weight excluding hydrogens is 952 g/mol. The summed E-state index contributed by atoms with van der Waals surface area (Å²) in [6, 6.07) is 20.4. The van der Waals surface area contributed by atoms with Crippen molar-refractivity contribution in [3.05, 3.63) is 117 Å². The van der Waals surface area contributed by atoms with Crippen molar-refractivity contribution >= 4 is 39.1 Å². The van der Waals surface area contributed by atoms with Crippen LogP contribution in [0.25, 0.3) is 0 Å². The molecule has 0 aliphatic carbocycles. The van der Waals surface area contributed by atoms with E-state index in [9.17, 15) is 33.2 Å². The number of hydrogen-bond donors (Lipinski definition) is 6. The van der Waals surface area contributed by atoms with E-state index in [2.05, 4.69) is 30.6 Å². The second-order valence-electron chi connectivity index (χ2n) is 13.9. The summed E-state index contributed by atoms with van der Waals surface area (Å²) < 4.78 is 75.4. The van der Waals surface area contributed by atoms with Crippen molar-refractivity contribution in [2.75, 3.05) is 65.8 Å². The highest BCUT2D eigenvalue weighted by atomic mass is 31.2. The van der Waals surface area contributed by atoms with E-state index in [1.165, 1.54) is 47.8 Å². The number of nitrogens with zero attached hydrogens (tertiary/aromatic N) is 5. The molecule has 0 amide bonds. The Morgan fingerprint density at radius 1 is 0.768 bits per heavy atom. The fourth-order valence-corrected chi connectivity index (χ4v) is 8.47. The van der Waals surface area contributed by atoms with Crippen molar-refractivity contribution < 1.29 is 65.6 Å². The SMILES string of the molecule is CN.COC(=O)C(Cc1ccccc1)NP(=O)(OCCC#N)OCC1OC[C@@H](n2ccc(N)nc2=O)O1.COC(=O)C(Cc1ccccc1)NP(=O)([O-])OCC1OC[C@@H](n2ccc(N)nc2=O)O1.[NH4+]. The summed E-state index contributed by atoms with van der Waals surface area (Å²) in [5.74, 6) is -1.30. The number of nitrogens with one attached hydrogen (secondary N) is 2. The van der Waals surface area contributed by atoms with Crippen molar-refractivity contribution in [1.82, 2.24) is 35.4 Å². The predicted molar refractivity (Wildman–Crippen MR) is 243 cm³/mol. The van der Waals surface area contributed by atoms with Gasteiger partial charge < -0.3 is 61.2 Å². The van der Waals surface area contributed by atoms with Crippen molar-refractivity contribution in [2.24, 2.45) is 5.73 Å². The molecule has 4 heterocycles. The molecule has 378 valence electrons. The fourth-order valence-electron chi connectivity index (χ4n) is 6.05. The highest BCUT2D eigenvalue weighted by molar-refractivity contribution is 7.51. The van der Waals surface area contributed by atoms with Gasteiger partial charge in [0.05, 0.1) is 46.5 Å². The number of rotatable bonds is 21. The van der Waals surface area contributed by atoms with E-state index in [-0.39, 0.29) is 63.5 Å².